The summed E-state index contributed by atoms with van der Waals surface area (Å²) < 4.78 is 45.1. The predicted octanol–water partition coefficient (Wildman–Crippen LogP) is 2.85. The smallest absolute Gasteiger partial charge is 0.431 e. The highest BCUT2D eigenvalue weighted by Crippen LogP contribution is 2.30. The molecule has 26 heavy (non-hydrogen) atoms. The first-order valence-corrected chi connectivity index (χ1v) is 7.69. The lowest BCUT2D eigenvalue weighted by Gasteiger charge is -2.09. The molecule has 1 fully saturated rings. The molecule has 10 heteroatoms. The maximum Gasteiger partial charge on any atom is 0.573 e. The largest absolute Gasteiger partial charge is 0.573 e. The maximum absolute atomic E-state index is 12.1. The summed E-state index contributed by atoms with van der Waals surface area (Å²) in [6, 6.07) is 5.03. The van der Waals surface area contributed by atoms with E-state index in [4.69, 9.17) is 4.42 Å². The number of nitrogens with one attached hydrogen (secondary N) is 2. The van der Waals surface area contributed by atoms with E-state index in [0.717, 1.165) is 31.2 Å². The second kappa shape index (κ2) is 7.06. The van der Waals surface area contributed by atoms with Crippen LogP contribution in [0.3, 0.4) is 0 Å². The first-order chi connectivity index (χ1) is 12.3. The molecule has 0 radical (unpaired) electrons. The van der Waals surface area contributed by atoms with E-state index in [0.29, 0.717) is 5.56 Å². The molecule has 138 valence electrons. The van der Waals surface area contributed by atoms with Crippen LogP contribution in [-0.4, -0.2) is 23.2 Å². The minimum Gasteiger partial charge on any atom is -0.431 e. The van der Waals surface area contributed by atoms with Crippen molar-refractivity contribution in [3.63, 3.8) is 0 Å². The molecule has 1 saturated carbocycles. The van der Waals surface area contributed by atoms with Crippen molar-refractivity contribution >= 4 is 17.8 Å². The number of aromatic nitrogens is 1. The predicted molar refractivity (Wildman–Crippen MR) is 82.2 cm³/mol. The normalized spacial score (nSPS) is 14.0. The maximum atomic E-state index is 12.1. The number of benzene rings is 1. The van der Waals surface area contributed by atoms with E-state index < -0.39 is 12.3 Å². The number of carbonyl (C=O) groups is 2. The van der Waals surface area contributed by atoms with Crippen LogP contribution in [0.5, 0.6) is 5.75 Å². The number of rotatable bonds is 6. The number of hydrogen-bond donors (Lipinski definition) is 2. The summed E-state index contributed by atoms with van der Waals surface area (Å²) in [5.41, 5.74) is 0.548. The molecule has 7 nitrogen and oxygen atoms in total. The minimum absolute atomic E-state index is 0.0203. The Hall–Kier alpha value is -3.04. The average Bonchev–Trinajstić information content (AvgIpc) is 3.32. The molecule has 0 bridgehead atoms. The van der Waals surface area contributed by atoms with Gasteiger partial charge in [-0.25, -0.2) is 0 Å². The van der Waals surface area contributed by atoms with E-state index in [2.05, 4.69) is 20.4 Å². The van der Waals surface area contributed by atoms with Gasteiger partial charge in [0, 0.05) is 12.5 Å². The zero-order valence-corrected chi connectivity index (χ0v) is 13.3. The Morgan fingerprint density at radius 1 is 1.23 bits per heavy atom. The van der Waals surface area contributed by atoms with Crippen LogP contribution >= 0.6 is 0 Å². The number of halogens is 3. The Morgan fingerprint density at radius 3 is 2.54 bits per heavy atom. The molecule has 1 aliphatic rings. The second-order valence-electron chi connectivity index (χ2n) is 5.68. The first kappa shape index (κ1) is 17.8. The first-order valence-electron chi connectivity index (χ1n) is 7.69. The van der Waals surface area contributed by atoms with Crippen molar-refractivity contribution in [1.29, 1.82) is 0 Å². The third kappa shape index (κ3) is 4.98. The van der Waals surface area contributed by atoms with Gasteiger partial charge in [-0.3, -0.25) is 14.9 Å². The summed E-state index contributed by atoms with van der Waals surface area (Å²) in [6.45, 7) is 0.0712. The number of alkyl halides is 3. The fraction of sp³-hybridized carbons (Fsp3) is 0.312. The number of oxazole rings is 1. The van der Waals surface area contributed by atoms with Crippen LogP contribution in [0.1, 0.15) is 28.9 Å². The Labute approximate surface area is 145 Å². The summed E-state index contributed by atoms with van der Waals surface area (Å²) in [5.74, 6) is -1.11. The quantitative estimate of drug-likeness (QED) is 0.817. The van der Waals surface area contributed by atoms with Crippen molar-refractivity contribution < 1.29 is 31.9 Å². The van der Waals surface area contributed by atoms with E-state index in [9.17, 15) is 22.8 Å². The fourth-order valence-corrected chi connectivity index (χ4v) is 2.07. The zero-order chi connectivity index (χ0) is 18.7. The minimum atomic E-state index is -4.75. The highest BCUT2D eigenvalue weighted by atomic mass is 19.4. The molecule has 2 N–H and O–H groups in total. The van der Waals surface area contributed by atoms with Crippen molar-refractivity contribution in [2.75, 3.05) is 5.32 Å². The summed E-state index contributed by atoms with van der Waals surface area (Å²) in [5, 5.41) is 5.02. The molecular weight excluding hydrogens is 355 g/mol. The molecular formula is C16H14F3N3O4. The lowest BCUT2D eigenvalue weighted by molar-refractivity contribution is -0.274. The number of amides is 2. The molecule has 3 rings (SSSR count). The van der Waals surface area contributed by atoms with Gasteiger partial charge in [-0.1, -0.05) is 12.1 Å². The van der Waals surface area contributed by atoms with E-state index in [-0.39, 0.29) is 35.8 Å². The van der Waals surface area contributed by atoms with Crippen molar-refractivity contribution in [3.8, 4) is 5.75 Å². The third-order valence-electron chi connectivity index (χ3n) is 3.53. The van der Waals surface area contributed by atoms with E-state index in [1.54, 1.807) is 0 Å². The highest BCUT2D eigenvalue weighted by molar-refractivity contribution is 5.94. The van der Waals surface area contributed by atoms with Crippen molar-refractivity contribution in [2.24, 2.45) is 5.92 Å². The number of nitrogens with zero attached hydrogens (tertiary/aromatic N) is 1. The van der Waals surface area contributed by atoms with Gasteiger partial charge in [-0.15, -0.1) is 13.2 Å². The molecule has 1 aromatic carbocycles. The van der Waals surface area contributed by atoms with Gasteiger partial charge in [0.15, 0.2) is 5.69 Å². The third-order valence-corrected chi connectivity index (χ3v) is 3.53. The van der Waals surface area contributed by atoms with Crippen LogP contribution in [0.2, 0.25) is 0 Å². The second-order valence-corrected chi connectivity index (χ2v) is 5.68. The Bertz CT molecular complexity index is 798. The molecule has 0 spiro atoms. The Morgan fingerprint density at radius 2 is 1.92 bits per heavy atom. The summed E-state index contributed by atoms with van der Waals surface area (Å²) in [4.78, 5) is 27.5. The van der Waals surface area contributed by atoms with Crippen LogP contribution in [0.15, 0.2) is 34.9 Å². The molecule has 0 unspecified atom stereocenters. The summed E-state index contributed by atoms with van der Waals surface area (Å²) in [7, 11) is 0. The molecule has 2 aromatic rings. The van der Waals surface area contributed by atoms with Crippen molar-refractivity contribution in [3.05, 3.63) is 41.8 Å². The van der Waals surface area contributed by atoms with Gasteiger partial charge in [0.1, 0.15) is 12.0 Å². The molecule has 1 aliphatic carbocycles. The zero-order valence-electron chi connectivity index (χ0n) is 13.3. The van der Waals surface area contributed by atoms with Gasteiger partial charge in [0.25, 0.3) is 5.91 Å². The highest BCUT2D eigenvalue weighted by Gasteiger charge is 2.31. The molecule has 0 saturated heterocycles. The van der Waals surface area contributed by atoms with Crippen molar-refractivity contribution in [1.82, 2.24) is 10.3 Å². The van der Waals surface area contributed by atoms with Crippen LogP contribution in [0.4, 0.5) is 19.2 Å². The van der Waals surface area contributed by atoms with Gasteiger partial charge < -0.3 is 14.5 Å². The standard InChI is InChI=1S/C16H14F3N3O4/c17-16(18,19)26-11-5-1-9(2-6-11)7-20-14(24)12-8-25-15(21-12)22-13(23)10-3-4-10/h1-2,5-6,8,10H,3-4,7H2,(H,20,24)(H,21,22,23). The lowest BCUT2D eigenvalue weighted by Crippen LogP contribution is -2.23. The van der Waals surface area contributed by atoms with Gasteiger partial charge in [0.05, 0.1) is 0 Å². The van der Waals surface area contributed by atoms with Crippen LogP contribution in [0.25, 0.3) is 0 Å². The van der Waals surface area contributed by atoms with Crippen LogP contribution < -0.4 is 15.4 Å². The Kier molecular flexibility index (Phi) is 4.83. The van der Waals surface area contributed by atoms with Gasteiger partial charge in [-0.2, -0.15) is 4.98 Å². The number of anilines is 1. The molecule has 2 amide bonds. The average molecular weight is 369 g/mol. The number of ether oxygens (including phenoxy) is 1. The van der Waals surface area contributed by atoms with Crippen LogP contribution in [0, 0.1) is 5.92 Å². The van der Waals surface area contributed by atoms with E-state index in [1.807, 2.05) is 0 Å². The monoisotopic (exact) mass is 369 g/mol. The van der Waals surface area contributed by atoms with Crippen molar-refractivity contribution in [2.45, 2.75) is 25.7 Å². The molecule has 0 atom stereocenters. The topological polar surface area (TPSA) is 93.5 Å². The van der Waals surface area contributed by atoms with E-state index in [1.165, 1.54) is 12.1 Å². The molecule has 1 aromatic heterocycles. The van der Waals surface area contributed by atoms with Crippen LogP contribution in [-0.2, 0) is 11.3 Å². The Balaban J connectivity index is 1.50. The van der Waals surface area contributed by atoms with Gasteiger partial charge >= 0.3 is 12.4 Å². The van der Waals surface area contributed by atoms with E-state index >= 15 is 0 Å². The fourth-order valence-electron chi connectivity index (χ4n) is 2.07. The molecule has 0 aliphatic heterocycles. The molecule has 1 heterocycles. The van der Waals surface area contributed by atoms with Gasteiger partial charge in [-0.05, 0) is 30.5 Å². The summed E-state index contributed by atoms with van der Waals surface area (Å²) in [6.07, 6.45) is -1.99. The number of hydrogen-bond acceptors (Lipinski definition) is 5. The SMILES string of the molecule is O=C(NCc1ccc(OC(F)(F)F)cc1)c1coc(NC(=O)C2CC2)n1. The van der Waals surface area contributed by atoms with Gasteiger partial charge in [0.2, 0.25) is 5.91 Å². The lowest BCUT2D eigenvalue weighted by atomic mass is 10.2. The number of carbonyl (C=O) groups excluding carboxylic acids is 2. The summed E-state index contributed by atoms with van der Waals surface area (Å²) >= 11 is 0.